The Morgan fingerprint density at radius 2 is 2.08 bits per heavy atom. The zero-order valence-electron chi connectivity index (χ0n) is 7.13. The number of aryl methyl sites for hydroxylation is 1. The normalized spacial score (nSPS) is 10.9. The molecule has 0 unspecified atom stereocenters. The zero-order chi connectivity index (χ0) is 9.14. The van der Waals surface area contributed by atoms with E-state index in [-0.39, 0.29) is 5.75 Å². The predicted molar refractivity (Wildman–Crippen MR) is 47.5 cm³/mol. The van der Waals surface area contributed by atoms with Gasteiger partial charge in [-0.25, -0.2) is 4.39 Å². The van der Waals surface area contributed by atoms with E-state index in [4.69, 9.17) is 0 Å². The average molecular weight is 166 g/mol. The van der Waals surface area contributed by atoms with E-state index in [0.29, 0.717) is 11.1 Å². The third kappa shape index (κ3) is 1.47. The number of phenolic OH excluding ortho intramolecular Hbond substituents is 1. The molecule has 0 aliphatic heterocycles. The highest BCUT2D eigenvalue weighted by molar-refractivity contribution is 5.54. The number of benzene rings is 1. The van der Waals surface area contributed by atoms with E-state index in [0.717, 1.165) is 0 Å². The van der Waals surface area contributed by atoms with Crippen LogP contribution < -0.4 is 0 Å². The van der Waals surface area contributed by atoms with Gasteiger partial charge in [-0.2, -0.15) is 0 Å². The van der Waals surface area contributed by atoms with E-state index in [9.17, 15) is 9.50 Å². The molecule has 1 nitrogen and oxygen atoms in total. The SMILES string of the molecule is C/C=C/c1ccc(C)c(O)c1F. The molecule has 0 saturated carbocycles. The van der Waals surface area contributed by atoms with Gasteiger partial charge in [-0.15, -0.1) is 0 Å². The number of rotatable bonds is 1. The van der Waals surface area contributed by atoms with Crippen molar-refractivity contribution in [1.29, 1.82) is 0 Å². The highest BCUT2D eigenvalue weighted by Gasteiger charge is 2.06. The monoisotopic (exact) mass is 166 g/mol. The lowest BCUT2D eigenvalue weighted by atomic mass is 10.1. The molecule has 0 fully saturated rings. The Morgan fingerprint density at radius 1 is 1.42 bits per heavy atom. The lowest BCUT2D eigenvalue weighted by Crippen LogP contribution is -1.85. The van der Waals surface area contributed by atoms with Crippen LogP contribution in [0.4, 0.5) is 4.39 Å². The molecular weight excluding hydrogens is 155 g/mol. The van der Waals surface area contributed by atoms with Crippen LogP contribution in [0.25, 0.3) is 6.08 Å². The molecule has 0 aliphatic carbocycles. The summed E-state index contributed by atoms with van der Waals surface area (Å²) in [5.41, 5.74) is 0.973. The smallest absolute Gasteiger partial charge is 0.172 e. The molecule has 0 aliphatic rings. The van der Waals surface area contributed by atoms with Crippen molar-refractivity contribution in [3.8, 4) is 5.75 Å². The molecule has 0 saturated heterocycles. The highest BCUT2D eigenvalue weighted by atomic mass is 19.1. The van der Waals surface area contributed by atoms with E-state index in [2.05, 4.69) is 0 Å². The zero-order valence-corrected chi connectivity index (χ0v) is 7.13. The lowest BCUT2D eigenvalue weighted by Gasteiger charge is -2.02. The maximum atomic E-state index is 13.1. The van der Waals surface area contributed by atoms with Crippen molar-refractivity contribution < 1.29 is 9.50 Å². The van der Waals surface area contributed by atoms with Crippen LogP contribution in [0.3, 0.4) is 0 Å². The maximum Gasteiger partial charge on any atom is 0.172 e. The Hall–Kier alpha value is -1.31. The van der Waals surface area contributed by atoms with Gasteiger partial charge in [0.15, 0.2) is 11.6 Å². The molecule has 1 N–H and O–H groups in total. The van der Waals surface area contributed by atoms with Crippen LogP contribution in [0.15, 0.2) is 18.2 Å². The van der Waals surface area contributed by atoms with Gasteiger partial charge in [-0.05, 0) is 19.4 Å². The van der Waals surface area contributed by atoms with Gasteiger partial charge in [-0.1, -0.05) is 24.3 Å². The quantitative estimate of drug-likeness (QED) is 0.680. The first-order chi connectivity index (χ1) is 5.66. The van der Waals surface area contributed by atoms with Gasteiger partial charge in [0.05, 0.1) is 0 Å². The first kappa shape index (κ1) is 8.78. The van der Waals surface area contributed by atoms with Gasteiger partial charge in [0, 0.05) is 5.56 Å². The average Bonchev–Trinajstić information content (AvgIpc) is 2.07. The molecule has 0 aromatic heterocycles. The second-order valence-electron chi connectivity index (χ2n) is 2.63. The van der Waals surface area contributed by atoms with Gasteiger partial charge >= 0.3 is 0 Å². The standard InChI is InChI=1S/C10H11FO/c1-3-4-8-6-5-7(2)10(12)9(8)11/h3-6,12H,1-2H3/b4-3+. The molecular formula is C10H11FO. The number of phenols is 1. The number of hydrogen-bond acceptors (Lipinski definition) is 1. The van der Waals surface area contributed by atoms with Crippen molar-refractivity contribution in [3.63, 3.8) is 0 Å². The largest absolute Gasteiger partial charge is 0.505 e. The fraction of sp³-hybridized carbons (Fsp3) is 0.200. The Bertz CT molecular complexity index is 316. The number of allylic oxidation sites excluding steroid dienone is 1. The van der Waals surface area contributed by atoms with Gasteiger partial charge in [-0.3, -0.25) is 0 Å². The minimum Gasteiger partial charge on any atom is -0.505 e. The van der Waals surface area contributed by atoms with Crippen LogP contribution in [0.1, 0.15) is 18.1 Å². The molecule has 1 aromatic carbocycles. The molecule has 64 valence electrons. The minimum atomic E-state index is -0.548. The van der Waals surface area contributed by atoms with Crippen molar-refractivity contribution in [2.75, 3.05) is 0 Å². The van der Waals surface area contributed by atoms with Crippen LogP contribution in [-0.2, 0) is 0 Å². The van der Waals surface area contributed by atoms with E-state index < -0.39 is 5.82 Å². The summed E-state index contributed by atoms with van der Waals surface area (Å²) in [6, 6.07) is 3.33. The van der Waals surface area contributed by atoms with Gasteiger partial charge in [0.2, 0.25) is 0 Å². The van der Waals surface area contributed by atoms with Gasteiger partial charge in [0.25, 0.3) is 0 Å². The van der Waals surface area contributed by atoms with E-state index in [1.54, 1.807) is 38.1 Å². The minimum absolute atomic E-state index is 0.259. The molecule has 0 amide bonds. The Morgan fingerprint density at radius 3 is 2.67 bits per heavy atom. The molecule has 12 heavy (non-hydrogen) atoms. The Labute approximate surface area is 71.2 Å². The molecule has 1 rings (SSSR count). The summed E-state index contributed by atoms with van der Waals surface area (Å²) < 4.78 is 13.1. The van der Waals surface area contributed by atoms with Crippen molar-refractivity contribution in [1.82, 2.24) is 0 Å². The first-order valence-corrected chi connectivity index (χ1v) is 3.77. The van der Waals surface area contributed by atoms with Crippen molar-refractivity contribution in [3.05, 3.63) is 35.2 Å². The molecule has 0 radical (unpaired) electrons. The summed E-state index contributed by atoms with van der Waals surface area (Å²) in [5, 5.41) is 9.20. The van der Waals surface area contributed by atoms with Crippen LogP contribution in [0, 0.1) is 12.7 Å². The first-order valence-electron chi connectivity index (χ1n) is 3.77. The van der Waals surface area contributed by atoms with Crippen LogP contribution in [-0.4, -0.2) is 5.11 Å². The molecule has 1 aromatic rings. The summed E-state index contributed by atoms with van der Waals surface area (Å²) >= 11 is 0. The summed E-state index contributed by atoms with van der Waals surface area (Å²) in [6.07, 6.45) is 3.35. The summed E-state index contributed by atoms with van der Waals surface area (Å²) in [7, 11) is 0. The summed E-state index contributed by atoms with van der Waals surface area (Å²) in [4.78, 5) is 0. The highest BCUT2D eigenvalue weighted by Crippen LogP contribution is 2.24. The van der Waals surface area contributed by atoms with E-state index in [1.165, 1.54) is 0 Å². The molecule has 0 spiro atoms. The second-order valence-corrected chi connectivity index (χ2v) is 2.63. The predicted octanol–water partition coefficient (Wildman–Crippen LogP) is 2.87. The van der Waals surface area contributed by atoms with E-state index in [1.807, 2.05) is 0 Å². The maximum absolute atomic E-state index is 13.1. The van der Waals surface area contributed by atoms with Crippen LogP contribution in [0.5, 0.6) is 5.75 Å². The van der Waals surface area contributed by atoms with Gasteiger partial charge < -0.3 is 5.11 Å². The Balaban J connectivity index is 3.26. The topological polar surface area (TPSA) is 20.2 Å². The van der Waals surface area contributed by atoms with Gasteiger partial charge in [0.1, 0.15) is 0 Å². The molecule has 2 heteroatoms. The molecule has 0 heterocycles. The van der Waals surface area contributed by atoms with Crippen molar-refractivity contribution in [2.45, 2.75) is 13.8 Å². The number of hydrogen-bond donors (Lipinski definition) is 1. The number of halogens is 1. The van der Waals surface area contributed by atoms with Crippen LogP contribution in [0.2, 0.25) is 0 Å². The third-order valence-electron chi connectivity index (χ3n) is 1.69. The summed E-state index contributed by atoms with van der Waals surface area (Å²) in [6.45, 7) is 3.47. The fourth-order valence-corrected chi connectivity index (χ4v) is 0.985. The molecule has 0 atom stereocenters. The molecule has 0 bridgehead atoms. The third-order valence-corrected chi connectivity index (χ3v) is 1.69. The van der Waals surface area contributed by atoms with Crippen LogP contribution >= 0.6 is 0 Å². The fourth-order valence-electron chi connectivity index (χ4n) is 0.985. The Kier molecular flexibility index (Phi) is 2.48. The van der Waals surface area contributed by atoms with E-state index >= 15 is 0 Å². The lowest BCUT2D eigenvalue weighted by molar-refractivity contribution is 0.428. The second kappa shape index (κ2) is 3.39. The van der Waals surface area contributed by atoms with Crippen molar-refractivity contribution in [2.24, 2.45) is 0 Å². The van der Waals surface area contributed by atoms with Crippen molar-refractivity contribution >= 4 is 6.08 Å². The number of aromatic hydroxyl groups is 1. The summed E-state index contributed by atoms with van der Waals surface area (Å²) in [5.74, 6) is -0.807.